The lowest BCUT2D eigenvalue weighted by molar-refractivity contribution is 0.0695. The SMILES string of the molecule is COc1ccccc1C1CN(C(=O)c2ccc(C#N)c(C)n2)CCN1. The van der Waals surface area contributed by atoms with Gasteiger partial charge >= 0.3 is 0 Å². The third-order valence-corrected chi connectivity index (χ3v) is 4.40. The van der Waals surface area contributed by atoms with E-state index >= 15 is 0 Å². The second kappa shape index (κ2) is 7.32. The Morgan fingerprint density at radius 2 is 2.16 bits per heavy atom. The fourth-order valence-electron chi connectivity index (χ4n) is 3.06. The van der Waals surface area contributed by atoms with Gasteiger partial charge in [0.1, 0.15) is 17.5 Å². The smallest absolute Gasteiger partial charge is 0.272 e. The van der Waals surface area contributed by atoms with Gasteiger partial charge in [-0.2, -0.15) is 5.26 Å². The van der Waals surface area contributed by atoms with Crippen LogP contribution in [0.3, 0.4) is 0 Å². The number of carbonyl (C=O) groups is 1. The number of hydrogen-bond acceptors (Lipinski definition) is 5. The second-order valence-corrected chi connectivity index (χ2v) is 5.94. The van der Waals surface area contributed by atoms with Crippen LogP contribution < -0.4 is 10.1 Å². The predicted molar refractivity (Wildman–Crippen MR) is 93.3 cm³/mol. The van der Waals surface area contributed by atoms with Gasteiger partial charge in [-0.1, -0.05) is 18.2 Å². The van der Waals surface area contributed by atoms with Gasteiger partial charge in [0.15, 0.2) is 0 Å². The van der Waals surface area contributed by atoms with Crippen LogP contribution in [0.15, 0.2) is 36.4 Å². The van der Waals surface area contributed by atoms with Crippen molar-refractivity contribution in [3.8, 4) is 11.8 Å². The molecule has 6 nitrogen and oxygen atoms in total. The Balaban J connectivity index is 1.80. The van der Waals surface area contributed by atoms with Crippen molar-refractivity contribution in [3.05, 3.63) is 58.9 Å². The number of rotatable bonds is 3. The molecule has 128 valence electrons. The van der Waals surface area contributed by atoms with Gasteiger partial charge in [0.25, 0.3) is 5.91 Å². The molecule has 1 atom stereocenters. The number of benzene rings is 1. The lowest BCUT2D eigenvalue weighted by Crippen LogP contribution is -2.48. The van der Waals surface area contributed by atoms with E-state index in [0.717, 1.165) is 11.3 Å². The molecule has 0 saturated carbocycles. The van der Waals surface area contributed by atoms with Gasteiger partial charge in [-0.25, -0.2) is 4.98 Å². The van der Waals surface area contributed by atoms with Gasteiger partial charge in [0.05, 0.1) is 24.4 Å². The Bertz CT molecular complexity index is 828. The van der Waals surface area contributed by atoms with Crippen LogP contribution in [0, 0.1) is 18.3 Å². The highest BCUT2D eigenvalue weighted by molar-refractivity contribution is 5.92. The second-order valence-electron chi connectivity index (χ2n) is 5.94. The summed E-state index contributed by atoms with van der Waals surface area (Å²) in [5, 5.41) is 12.4. The van der Waals surface area contributed by atoms with E-state index < -0.39 is 0 Å². The van der Waals surface area contributed by atoms with Gasteiger partial charge < -0.3 is 15.0 Å². The van der Waals surface area contributed by atoms with Crippen molar-refractivity contribution in [2.24, 2.45) is 0 Å². The average molecular weight is 336 g/mol. The molecule has 1 unspecified atom stereocenters. The van der Waals surface area contributed by atoms with Crippen molar-refractivity contribution in [1.82, 2.24) is 15.2 Å². The summed E-state index contributed by atoms with van der Waals surface area (Å²) >= 11 is 0. The molecule has 0 spiro atoms. The maximum absolute atomic E-state index is 12.8. The van der Waals surface area contributed by atoms with E-state index in [-0.39, 0.29) is 11.9 Å². The van der Waals surface area contributed by atoms with Gasteiger partial charge in [-0.3, -0.25) is 4.79 Å². The summed E-state index contributed by atoms with van der Waals surface area (Å²) in [6.07, 6.45) is 0. The van der Waals surface area contributed by atoms with Crippen molar-refractivity contribution < 1.29 is 9.53 Å². The maximum atomic E-state index is 12.8. The van der Waals surface area contributed by atoms with Crippen molar-refractivity contribution >= 4 is 5.91 Å². The molecular formula is C19H20N4O2. The van der Waals surface area contributed by atoms with Gasteiger partial charge in [-0.15, -0.1) is 0 Å². The van der Waals surface area contributed by atoms with Crippen LogP contribution in [0.25, 0.3) is 0 Å². The lowest BCUT2D eigenvalue weighted by atomic mass is 10.0. The molecule has 2 aromatic rings. The molecule has 1 aliphatic heterocycles. The van der Waals surface area contributed by atoms with Crippen LogP contribution in [-0.2, 0) is 0 Å². The lowest BCUT2D eigenvalue weighted by Gasteiger charge is -2.34. The molecule has 1 aliphatic rings. The van der Waals surface area contributed by atoms with Crippen molar-refractivity contribution in [2.45, 2.75) is 13.0 Å². The minimum absolute atomic E-state index is 0.00771. The average Bonchev–Trinajstić information content (AvgIpc) is 2.67. The van der Waals surface area contributed by atoms with Crippen LogP contribution in [0.2, 0.25) is 0 Å². The van der Waals surface area contributed by atoms with Gasteiger partial charge in [0.2, 0.25) is 0 Å². The first-order chi connectivity index (χ1) is 12.1. The molecule has 1 fully saturated rings. The van der Waals surface area contributed by atoms with Crippen molar-refractivity contribution in [2.75, 3.05) is 26.7 Å². The molecule has 2 heterocycles. The van der Waals surface area contributed by atoms with E-state index in [0.29, 0.717) is 36.6 Å². The zero-order chi connectivity index (χ0) is 17.8. The highest BCUT2D eigenvalue weighted by Gasteiger charge is 2.27. The van der Waals surface area contributed by atoms with E-state index in [2.05, 4.69) is 16.4 Å². The number of para-hydroxylation sites is 1. The number of nitrogens with one attached hydrogen (secondary N) is 1. The maximum Gasteiger partial charge on any atom is 0.272 e. The molecule has 0 aliphatic carbocycles. The molecule has 1 N–H and O–H groups in total. The van der Waals surface area contributed by atoms with Gasteiger partial charge in [-0.05, 0) is 25.1 Å². The predicted octanol–water partition coefficient (Wildman–Crippen LogP) is 2.06. The molecule has 25 heavy (non-hydrogen) atoms. The quantitative estimate of drug-likeness (QED) is 0.928. The summed E-state index contributed by atoms with van der Waals surface area (Å²) in [6.45, 7) is 3.60. The van der Waals surface area contributed by atoms with E-state index in [9.17, 15) is 4.79 Å². The number of aromatic nitrogens is 1. The highest BCUT2D eigenvalue weighted by Crippen LogP contribution is 2.27. The van der Waals surface area contributed by atoms with E-state index in [4.69, 9.17) is 10.00 Å². The first-order valence-electron chi connectivity index (χ1n) is 8.17. The van der Waals surface area contributed by atoms with Crippen LogP contribution in [-0.4, -0.2) is 42.5 Å². The molecule has 0 radical (unpaired) electrons. The first-order valence-corrected chi connectivity index (χ1v) is 8.17. The molecule has 3 rings (SSSR count). The van der Waals surface area contributed by atoms with E-state index in [1.54, 1.807) is 31.1 Å². The third kappa shape index (κ3) is 3.47. The number of amides is 1. The molecular weight excluding hydrogens is 316 g/mol. The third-order valence-electron chi connectivity index (χ3n) is 4.40. The topological polar surface area (TPSA) is 78.2 Å². The fraction of sp³-hybridized carbons (Fsp3) is 0.316. The number of ether oxygens (including phenoxy) is 1. The molecule has 1 aromatic heterocycles. The summed E-state index contributed by atoms with van der Waals surface area (Å²) < 4.78 is 5.43. The molecule has 0 bridgehead atoms. The Hall–Kier alpha value is -2.91. The standard InChI is InChI=1S/C19H20N4O2/c1-13-14(11-20)7-8-16(22-13)19(24)23-10-9-21-17(12-23)15-5-3-4-6-18(15)25-2/h3-8,17,21H,9-10,12H2,1-2H3. The summed E-state index contributed by atoms with van der Waals surface area (Å²) in [5.74, 6) is 0.690. The Kier molecular flexibility index (Phi) is 4.96. The molecule has 1 saturated heterocycles. The fourth-order valence-corrected chi connectivity index (χ4v) is 3.06. The number of hydrogen-bond donors (Lipinski definition) is 1. The van der Waals surface area contributed by atoms with Crippen LogP contribution in [0.1, 0.15) is 33.4 Å². The minimum Gasteiger partial charge on any atom is -0.496 e. The largest absolute Gasteiger partial charge is 0.496 e. The minimum atomic E-state index is -0.117. The van der Waals surface area contributed by atoms with Crippen LogP contribution in [0.5, 0.6) is 5.75 Å². The summed E-state index contributed by atoms with van der Waals surface area (Å²) in [5.41, 5.74) is 2.47. The van der Waals surface area contributed by atoms with Crippen molar-refractivity contribution in [1.29, 1.82) is 5.26 Å². The number of aryl methyl sites for hydroxylation is 1. The summed E-state index contributed by atoms with van der Waals surface area (Å²) in [4.78, 5) is 18.9. The Morgan fingerprint density at radius 1 is 1.36 bits per heavy atom. The molecule has 6 heteroatoms. The number of nitriles is 1. The number of pyridine rings is 1. The Morgan fingerprint density at radius 3 is 2.88 bits per heavy atom. The number of methoxy groups -OCH3 is 1. The number of nitrogens with zero attached hydrogens (tertiary/aromatic N) is 3. The zero-order valence-corrected chi connectivity index (χ0v) is 14.3. The van der Waals surface area contributed by atoms with Gasteiger partial charge in [0, 0.05) is 25.2 Å². The van der Waals surface area contributed by atoms with Crippen LogP contribution >= 0.6 is 0 Å². The molecule has 1 aromatic carbocycles. The monoisotopic (exact) mass is 336 g/mol. The summed E-state index contributed by atoms with van der Waals surface area (Å²) in [7, 11) is 1.65. The Labute approximate surface area is 147 Å². The van der Waals surface area contributed by atoms with E-state index in [1.807, 2.05) is 24.3 Å². The summed E-state index contributed by atoms with van der Waals surface area (Å²) in [6, 6.07) is 13.2. The first kappa shape index (κ1) is 16.9. The van der Waals surface area contributed by atoms with E-state index in [1.165, 1.54) is 0 Å². The van der Waals surface area contributed by atoms with Crippen molar-refractivity contribution in [3.63, 3.8) is 0 Å². The van der Waals surface area contributed by atoms with Crippen LogP contribution in [0.4, 0.5) is 0 Å². The normalized spacial score (nSPS) is 17.0. The number of carbonyl (C=O) groups excluding carboxylic acids is 1. The number of piperazine rings is 1. The molecule has 1 amide bonds. The zero-order valence-electron chi connectivity index (χ0n) is 14.3. The highest BCUT2D eigenvalue weighted by atomic mass is 16.5.